The highest BCUT2D eigenvalue weighted by molar-refractivity contribution is 5.94. The zero-order valence-electron chi connectivity index (χ0n) is 13.2. The van der Waals surface area contributed by atoms with Gasteiger partial charge in [-0.15, -0.1) is 0 Å². The topological polar surface area (TPSA) is 85.2 Å². The monoisotopic (exact) mass is 327 g/mol. The molecule has 2 aromatic carbocycles. The summed E-state index contributed by atoms with van der Waals surface area (Å²) in [5, 5.41) is 23.5. The number of nitriles is 1. The van der Waals surface area contributed by atoms with Gasteiger partial charge in [-0.25, -0.2) is 4.39 Å². The predicted molar refractivity (Wildman–Crippen MR) is 88.9 cm³/mol. The van der Waals surface area contributed by atoms with Crippen molar-refractivity contribution in [3.8, 4) is 6.07 Å². The summed E-state index contributed by atoms with van der Waals surface area (Å²) in [7, 11) is 0. The lowest BCUT2D eigenvalue weighted by molar-refractivity contribution is 0.0922. The van der Waals surface area contributed by atoms with Crippen LogP contribution in [0.2, 0.25) is 0 Å². The maximum Gasteiger partial charge on any atom is 0.251 e. The van der Waals surface area contributed by atoms with E-state index in [1.807, 2.05) is 6.07 Å². The van der Waals surface area contributed by atoms with E-state index >= 15 is 0 Å². The molecule has 124 valence electrons. The van der Waals surface area contributed by atoms with Gasteiger partial charge in [-0.05, 0) is 49.4 Å². The van der Waals surface area contributed by atoms with E-state index in [0.29, 0.717) is 16.7 Å². The number of anilines is 1. The Kier molecular flexibility index (Phi) is 5.88. The molecule has 0 saturated carbocycles. The summed E-state index contributed by atoms with van der Waals surface area (Å²) in [6.07, 6.45) is 0. The first kappa shape index (κ1) is 17.4. The Morgan fingerprint density at radius 1 is 1.29 bits per heavy atom. The molecular weight excluding hydrogens is 309 g/mol. The van der Waals surface area contributed by atoms with Crippen molar-refractivity contribution in [3.63, 3.8) is 0 Å². The van der Waals surface area contributed by atoms with Crippen LogP contribution >= 0.6 is 0 Å². The normalized spacial score (nSPS) is 11.4. The number of nitrogens with one attached hydrogen (secondary N) is 2. The van der Waals surface area contributed by atoms with Crippen molar-refractivity contribution in [3.05, 3.63) is 65.0 Å². The third-order valence-electron chi connectivity index (χ3n) is 3.46. The molecule has 1 amide bonds. The van der Waals surface area contributed by atoms with Crippen molar-refractivity contribution < 1.29 is 14.3 Å². The van der Waals surface area contributed by atoms with Crippen LogP contribution in [0.1, 0.15) is 28.4 Å². The lowest BCUT2D eigenvalue weighted by Gasteiger charge is -2.12. The van der Waals surface area contributed by atoms with Crippen LogP contribution in [-0.4, -0.2) is 23.7 Å². The molecule has 0 aliphatic heterocycles. The molecule has 6 heteroatoms. The van der Waals surface area contributed by atoms with Crippen LogP contribution in [0, 0.1) is 17.1 Å². The van der Waals surface area contributed by atoms with Crippen LogP contribution in [0.4, 0.5) is 10.1 Å². The molecule has 0 spiro atoms. The highest BCUT2D eigenvalue weighted by Crippen LogP contribution is 2.14. The van der Waals surface area contributed by atoms with Crippen LogP contribution < -0.4 is 10.6 Å². The minimum atomic E-state index is -0.379. The Morgan fingerprint density at radius 3 is 2.62 bits per heavy atom. The number of nitrogens with zero attached hydrogens (tertiary/aromatic N) is 1. The van der Waals surface area contributed by atoms with Crippen LogP contribution in [-0.2, 0) is 6.54 Å². The van der Waals surface area contributed by atoms with E-state index in [9.17, 15) is 9.18 Å². The lowest BCUT2D eigenvalue weighted by atomic mass is 10.1. The highest BCUT2D eigenvalue weighted by atomic mass is 19.1. The zero-order chi connectivity index (χ0) is 17.5. The van der Waals surface area contributed by atoms with Gasteiger partial charge in [0.25, 0.3) is 5.91 Å². The minimum Gasteiger partial charge on any atom is -0.394 e. The number of hydrogen-bond donors (Lipinski definition) is 3. The summed E-state index contributed by atoms with van der Waals surface area (Å²) >= 11 is 0. The van der Waals surface area contributed by atoms with E-state index in [4.69, 9.17) is 10.4 Å². The van der Waals surface area contributed by atoms with Gasteiger partial charge in [-0.1, -0.05) is 0 Å². The Hall–Kier alpha value is -2.91. The number of rotatable bonds is 6. The first-order valence-electron chi connectivity index (χ1n) is 7.47. The molecule has 5 nitrogen and oxygen atoms in total. The van der Waals surface area contributed by atoms with Gasteiger partial charge >= 0.3 is 0 Å². The zero-order valence-corrected chi connectivity index (χ0v) is 13.2. The average molecular weight is 327 g/mol. The van der Waals surface area contributed by atoms with Gasteiger partial charge < -0.3 is 15.7 Å². The molecule has 0 aromatic heterocycles. The van der Waals surface area contributed by atoms with E-state index in [2.05, 4.69) is 10.6 Å². The number of aliphatic hydroxyl groups is 1. The van der Waals surface area contributed by atoms with Crippen LogP contribution in [0.3, 0.4) is 0 Å². The number of benzene rings is 2. The molecule has 2 rings (SSSR count). The van der Waals surface area contributed by atoms with Gasteiger partial charge in [-0.2, -0.15) is 5.26 Å². The fourth-order valence-electron chi connectivity index (χ4n) is 2.07. The quantitative estimate of drug-likeness (QED) is 0.761. The fourth-order valence-corrected chi connectivity index (χ4v) is 2.07. The molecular formula is C18H18FN3O2. The maximum absolute atomic E-state index is 13.7. The van der Waals surface area contributed by atoms with E-state index in [1.54, 1.807) is 31.2 Å². The number of amides is 1. The summed E-state index contributed by atoms with van der Waals surface area (Å²) in [6, 6.07) is 12.6. The fraction of sp³-hybridized carbons (Fsp3) is 0.222. The molecule has 0 aliphatic rings. The van der Waals surface area contributed by atoms with Crippen LogP contribution in [0.25, 0.3) is 0 Å². The smallest absolute Gasteiger partial charge is 0.251 e. The van der Waals surface area contributed by atoms with E-state index in [-0.39, 0.29) is 30.9 Å². The third-order valence-corrected chi connectivity index (χ3v) is 3.46. The SMILES string of the molecule is C[C@H](CO)NC(=O)c1ccc(NCc2cc(C#N)ccc2F)cc1. The third kappa shape index (κ3) is 4.54. The molecule has 2 aromatic rings. The van der Waals surface area contributed by atoms with Gasteiger partial charge in [0.1, 0.15) is 5.82 Å². The average Bonchev–Trinajstić information content (AvgIpc) is 2.61. The highest BCUT2D eigenvalue weighted by Gasteiger charge is 2.09. The molecule has 3 N–H and O–H groups in total. The van der Waals surface area contributed by atoms with Gasteiger partial charge in [0, 0.05) is 29.4 Å². The number of aliphatic hydroxyl groups excluding tert-OH is 1. The molecule has 0 saturated heterocycles. The molecule has 0 fully saturated rings. The standard InChI is InChI=1S/C18H18FN3O2/c1-12(11-23)22-18(24)14-3-5-16(6-4-14)21-10-15-8-13(9-20)2-7-17(15)19/h2-8,12,21,23H,10-11H2,1H3,(H,22,24)/t12-/m1/s1. The predicted octanol–water partition coefficient (Wildman–Crippen LogP) is 2.42. The van der Waals surface area contributed by atoms with Crippen LogP contribution in [0.15, 0.2) is 42.5 Å². The molecule has 0 radical (unpaired) electrons. The number of carbonyl (C=O) groups is 1. The van der Waals surface area contributed by atoms with Gasteiger partial charge in [0.05, 0.1) is 18.2 Å². The number of hydrogen-bond acceptors (Lipinski definition) is 4. The number of carbonyl (C=O) groups excluding carboxylic acids is 1. The van der Waals surface area contributed by atoms with Crippen molar-refractivity contribution in [1.29, 1.82) is 5.26 Å². The summed E-state index contributed by atoms with van der Waals surface area (Å²) in [5.41, 5.74) is 1.99. The molecule has 0 unspecified atom stereocenters. The van der Waals surface area contributed by atoms with Crippen molar-refractivity contribution in [2.24, 2.45) is 0 Å². The molecule has 24 heavy (non-hydrogen) atoms. The van der Waals surface area contributed by atoms with Crippen molar-refractivity contribution in [2.45, 2.75) is 19.5 Å². The summed E-state index contributed by atoms with van der Waals surface area (Å²) in [5.74, 6) is -0.647. The summed E-state index contributed by atoms with van der Waals surface area (Å²) in [6.45, 7) is 1.81. The summed E-state index contributed by atoms with van der Waals surface area (Å²) in [4.78, 5) is 11.9. The first-order valence-corrected chi connectivity index (χ1v) is 7.47. The number of halogens is 1. The van der Waals surface area contributed by atoms with Crippen molar-refractivity contribution in [1.82, 2.24) is 5.32 Å². The molecule has 0 aliphatic carbocycles. The Balaban J connectivity index is 2.00. The molecule has 1 atom stereocenters. The lowest BCUT2D eigenvalue weighted by Crippen LogP contribution is -2.34. The second kappa shape index (κ2) is 8.09. The maximum atomic E-state index is 13.7. The first-order chi connectivity index (χ1) is 11.5. The molecule has 0 heterocycles. The minimum absolute atomic E-state index is 0.126. The van der Waals surface area contributed by atoms with E-state index in [1.165, 1.54) is 18.2 Å². The van der Waals surface area contributed by atoms with Crippen molar-refractivity contribution in [2.75, 3.05) is 11.9 Å². The van der Waals surface area contributed by atoms with Crippen LogP contribution in [0.5, 0.6) is 0 Å². The second-order valence-corrected chi connectivity index (χ2v) is 5.41. The summed E-state index contributed by atoms with van der Waals surface area (Å²) < 4.78 is 13.7. The van der Waals surface area contributed by atoms with E-state index in [0.717, 1.165) is 5.69 Å². The Bertz CT molecular complexity index is 754. The van der Waals surface area contributed by atoms with Crippen molar-refractivity contribution >= 4 is 11.6 Å². The van der Waals surface area contributed by atoms with Gasteiger partial charge in [0.2, 0.25) is 0 Å². The largest absolute Gasteiger partial charge is 0.394 e. The van der Waals surface area contributed by atoms with Gasteiger partial charge in [-0.3, -0.25) is 4.79 Å². The Labute approximate surface area is 139 Å². The molecule has 0 bridgehead atoms. The Morgan fingerprint density at radius 2 is 2.00 bits per heavy atom. The van der Waals surface area contributed by atoms with Gasteiger partial charge in [0.15, 0.2) is 0 Å². The second-order valence-electron chi connectivity index (χ2n) is 5.41. The van der Waals surface area contributed by atoms with E-state index < -0.39 is 0 Å².